The van der Waals surface area contributed by atoms with E-state index in [-0.39, 0.29) is 5.41 Å². The molecule has 1 unspecified atom stereocenters. The van der Waals surface area contributed by atoms with Crippen molar-refractivity contribution in [2.75, 3.05) is 33.4 Å². The van der Waals surface area contributed by atoms with E-state index in [1.807, 2.05) is 18.4 Å². The highest BCUT2D eigenvalue weighted by atomic mass is 32.1. The molecule has 1 saturated heterocycles. The number of aliphatic imine (C=N–C) groups is 1. The van der Waals surface area contributed by atoms with Gasteiger partial charge in [-0.05, 0) is 42.3 Å². The van der Waals surface area contributed by atoms with Gasteiger partial charge in [-0.2, -0.15) is 0 Å². The van der Waals surface area contributed by atoms with Crippen molar-refractivity contribution in [1.29, 1.82) is 0 Å². The summed E-state index contributed by atoms with van der Waals surface area (Å²) in [5.74, 6) is 1.34. The van der Waals surface area contributed by atoms with E-state index in [2.05, 4.69) is 71.3 Å². The van der Waals surface area contributed by atoms with Gasteiger partial charge in [0, 0.05) is 49.6 Å². The maximum Gasteiger partial charge on any atom is 0.191 e. The summed E-state index contributed by atoms with van der Waals surface area (Å²) in [6.45, 7) is 7.84. The highest BCUT2D eigenvalue weighted by Gasteiger charge is 2.35. The zero-order chi connectivity index (χ0) is 19.1. The molecule has 2 N–H and O–H groups in total. The lowest BCUT2D eigenvalue weighted by Crippen LogP contribution is -2.48. The molecule has 1 aliphatic rings. The van der Waals surface area contributed by atoms with E-state index in [4.69, 9.17) is 4.74 Å². The second kappa shape index (κ2) is 9.38. The van der Waals surface area contributed by atoms with Crippen LogP contribution in [0.2, 0.25) is 0 Å². The zero-order valence-electron chi connectivity index (χ0n) is 16.6. The Morgan fingerprint density at radius 1 is 1.19 bits per heavy atom. The molecule has 146 valence electrons. The molecule has 0 amide bonds. The van der Waals surface area contributed by atoms with Crippen molar-refractivity contribution in [3.63, 3.8) is 0 Å². The number of nitrogens with zero attached hydrogens (tertiary/aromatic N) is 1. The van der Waals surface area contributed by atoms with Crippen molar-refractivity contribution in [1.82, 2.24) is 10.6 Å². The molecule has 4 nitrogen and oxygen atoms in total. The monoisotopic (exact) mass is 385 g/mol. The van der Waals surface area contributed by atoms with Gasteiger partial charge in [0.15, 0.2) is 5.96 Å². The third-order valence-corrected chi connectivity index (χ3v) is 6.69. The molecule has 1 fully saturated rings. The highest BCUT2D eigenvalue weighted by Crippen LogP contribution is 2.36. The second-order valence-electron chi connectivity index (χ2n) is 7.43. The molecule has 0 bridgehead atoms. The Labute approximate surface area is 167 Å². The average molecular weight is 386 g/mol. The van der Waals surface area contributed by atoms with Crippen molar-refractivity contribution in [2.45, 2.75) is 38.0 Å². The summed E-state index contributed by atoms with van der Waals surface area (Å²) in [5.41, 5.74) is 2.89. The number of benzene rings is 1. The lowest BCUT2D eigenvalue weighted by atomic mass is 9.72. The normalized spacial score (nSPS) is 18.1. The van der Waals surface area contributed by atoms with Crippen molar-refractivity contribution in [3.8, 4) is 0 Å². The number of guanidine groups is 1. The van der Waals surface area contributed by atoms with Crippen molar-refractivity contribution < 1.29 is 4.74 Å². The van der Waals surface area contributed by atoms with E-state index >= 15 is 0 Å². The number of nitrogens with one attached hydrogen (secondary N) is 2. The average Bonchev–Trinajstić information content (AvgIpc) is 3.24. The van der Waals surface area contributed by atoms with Crippen LogP contribution in [-0.4, -0.2) is 39.3 Å². The molecule has 3 rings (SSSR count). The number of rotatable bonds is 6. The maximum atomic E-state index is 5.67. The maximum absolute atomic E-state index is 5.67. The smallest absolute Gasteiger partial charge is 0.191 e. The molecule has 1 atom stereocenters. The van der Waals surface area contributed by atoms with Gasteiger partial charge in [0.1, 0.15) is 0 Å². The molecule has 1 aromatic carbocycles. The van der Waals surface area contributed by atoms with Gasteiger partial charge in [0.05, 0.1) is 0 Å². The fraction of sp³-hybridized carbons (Fsp3) is 0.500. The predicted molar refractivity (Wildman–Crippen MR) is 115 cm³/mol. The molecule has 0 radical (unpaired) electrons. The van der Waals surface area contributed by atoms with Gasteiger partial charge < -0.3 is 15.4 Å². The van der Waals surface area contributed by atoms with E-state index in [0.29, 0.717) is 5.92 Å². The van der Waals surface area contributed by atoms with E-state index in [9.17, 15) is 0 Å². The van der Waals surface area contributed by atoms with Crippen molar-refractivity contribution >= 4 is 17.3 Å². The molecule has 1 aromatic heterocycles. The van der Waals surface area contributed by atoms with Crippen LogP contribution in [0, 0.1) is 6.92 Å². The summed E-state index contributed by atoms with van der Waals surface area (Å²) in [7, 11) is 1.84. The first-order valence-corrected chi connectivity index (χ1v) is 10.6. The first-order valence-electron chi connectivity index (χ1n) is 9.76. The minimum atomic E-state index is 0.0978. The standard InChI is InChI=1S/C22H31N3OS/c1-17-7-4-5-8-19(17)22(10-12-26-13-11-22)16-25-21(23-3)24-15-18(2)20-9-6-14-27-20/h4-9,14,18H,10-13,15-16H2,1-3H3,(H2,23,24,25). The summed E-state index contributed by atoms with van der Waals surface area (Å²) in [4.78, 5) is 5.84. The Bertz CT molecular complexity index is 736. The molecule has 0 aliphatic carbocycles. The second-order valence-corrected chi connectivity index (χ2v) is 8.41. The Balaban J connectivity index is 1.64. The number of hydrogen-bond acceptors (Lipinski definition) is 3. The summed E-state index contributed by atoms with van der Waals surface area (Å²) in [6, 6.07) is 13.1. The van der Waals surface area contributed by atoms with Crippen molar-refractivity contribution in [3.05, 3.63) is 57.8 Å². The number of thiophene rings is 1. The van der Waals surface area contributed by atoms with Gasteiger partial charge in [-0.3, -0.25) is 4.99 Å². The van der Waals surface area contributed by atoms with E-state index in [1.54, 1.807) is 0 Å². The topological polar surface area (TPSA) is 45.7 Å². The molecule has 0 spiro atoms. The summed E-state index contributed by atoms with van der Waals surface area (Å²) in [5, 5.41) is 9.22. The fourth-order valence-electron chi connectivity index (χ4n) is 3.87. The number of ether oxygens (including phenoxy) is 1. The minimum Gasteiger partial charge on any atom is -0.381 e. The quantitative estimate of drug-likeness (QED) is 0.582. The van der Waals surface area contributed by atoms with Gasteiger partial charge in [-0.15, -0.1) is 11.3 Å². The molecule has 5 heteroatoms. The lowest BCUT2D eigenvalue weighted by molar-refractivity contribution is 0.0512. The Hall–Kier alpha value is -1.85. The van der Waals surface area contributed by atoms with Crippen LogP contribution in [0.25, 0.3) is 0 Å². The van der Waals surface area contributed by atoms with Crippen LogP contribution < -0.4 is 10.6 Å². The largest absolute Gasteiger partial charge is 0.381 e. The van der Waals surface area contributed by atoms with Crippen LogP contribution in [0.5, 0.6) is 0 Å². The summed E-state index contributed by atoms with van der Waals surface area (Å²) in [6.07, 6.45) is 2.07. The van der Waals surface area contributed by atoms with Gasteiger partial charge in [0.25, 0.3) is 0 Å². The Kier molecular flexibility index (Phi) is 6.91. The van der Waals surface area contributed by atoms with Gasteiger partial charge in [0.2, 0.25) is 0 Å². The van der Waals surface area contributed by atoms with E-state index in [0.717, 1.165) is 45.1 Å². The number of aryl methyl sites for hydroxylation is 1. The SMILES string of the molecule is CN=C(NCC(C)c1cccs1)NCC1(c2ccccc2C)CCOCC1. The molecule has 2 aromatic rings. The first-order chi connectivity index (χ1) is 13.1. The molecule has 2 heterocycles. The van der Waals surface area contributed by atoms with Crippen LogP contribution in [0.3, 0.4) is 0 Å². The zero-order valence-corrected chi connectivity index (χ0v) is 17.4. The Morgan fingerprint density at radius 2 is 1.96 bits per heavy atom. The fourth-order valence-corrected chi connectivity index (χ4v) is 4.65. The van der Waals surface area contributed by atoms with Crippen LogP contribution >= 0.6 is 11.3 Å². The van der Waals surface area contributed by atoms with Gasteiger partial charge >= 0.3 is 0 Å². The van der Waals surface area contributed by atoms with Crippen LogP contribution in [0.15, 0.2) is 46.8 Å². The van der Waals surface area contributed by atoms with E-state index < -0.39 is 0 Å². The number of hydrogen-bond donors (Lipinski definition) is 2. The third-order valence-electron chi connectivity index (χ3n) is 5.59. The van der Waals surface area contributed by atoms with Crippen molar-refractivity contribution in [2.24, 2.45) is 4.99 Å². The molecular weight excluding hydrogens is 354 g/mol. The Morgan fingerprint density at radius 3 is 2.63 bits per heavy atom. The highest BCUT2D eigenvalue weighted by molar-refractivity contribution is 7.10. The predicted octanol–water partition coefficient (Wildman–Crippen LogP) is 4.07. The van der Waals surface area contributed by atoms with E-state index in [1.165, 1.54) is 16.0 Å². The minimum absolute atomic E-state index is 0.0978. The van der Waals surface area contributed by atoms with Crippen LogP contribution in [0.1, 0.15) is 41.7 Å². The summed E-state index contributed by atoms with van der Waals surface area (Å²) < 4.78 is 5.67. The molecule has 0 saturated carbocycles. The molecule has 1 aliphatic heterocycles. The molecular formula is C22H31N3OS. The lowest BCUT2D eigenvalue weighted by Gasteiger charge is -2.39. The van der Waals surface area contributed by atoms with Gasteiger partial charge in [-0.25, -0.2) is 0 Å². The van der Waals surface area contributed by atoms with Crippen LogP contribution in [-0.2, 0) is 10.2 Å². The van der Waals surface area contributed by atoms with Crippen LogP contribution in [0.4, 0.5) is 0 Å². The van der Waals surface area contributed by atoms with Gasteiger partial charge in [-0.1, -0.05) is 37.3 Å². The summed E-state index contributed by atoms with van der Waals surface area (Å²) >= 11 is 1.81. The molecule has 27 heavy (non-hydrogen) atoms. The third kappa shape index (κ3) is 4.90. The first kappa shape index (κ1) is 19.9.